The van der Waals surface area contributed by atoms with Crippen molar-refractivity contribution in [1.82, 2.24) is 0 Å². The molecule has 3 atom stereocenters. The van der Waals surface area contributed by atoms with Gasteiger partial charge in [-0.3, -0.25) is 4.99 Å². The molecule has 3 aliphatic rings. The fourth-order valence-electron chi connectivity index (χ4n) is 5.14. The molecule has 2 aliphatic carbocycles. The molecule has 1 aliphatic heterocycles. The Hall–Kier alpha value is -2.73. The zero-order valence-electron chi connectivity index (χ0n) is 20.4. The van der Waals surface area contributed by atoms with Gasteiger partial charge in [0.2, 0.25) is 0 Å². The summed E-state index contributed by atoms with van der Waals surface area (Å²) in [7, 11) is 1.66. The van der Waals surface area contributed by atoms with E-state index in [0.717, 1.165) is 53.5 Å². The summed E-state index contributed by atoms with van der Waals surface area (Å²) in [5.74, 6) is 3.80. The first-order valence-corrected chi connectivity index (χ1v) is 12.6. The summed E-state index contributed by atoms with van der Waals surface area (Å²) in [4.78, 5) is 5.24. The third-order valence-electron chi connectivity index (χ3n) is 7.06. The van der Waals surface area contributed by atoms with Gasteiger partial charge in [0, 0.05) is 17.0 Å². The predicted molar refractivity (Wildman–Crippen MR) is 132 cm³/mol. The lowest BCUT2D eigenvalue weighted by molar-refractivity contribution is 0.111. The van der Waals surface area contributed by atoms with E-state index in [-0.39, 0.29) is 18.1 Å². The molecule has 0 bridgehead atoms. The Balaban J connectivity index is 1.59. The van der Waals surface area contributed by atoms with Gasteiger partial charge in [0.15, 0.2) is 23.0 Å². The van der Waals surface area contributed by atoms with Crippen LogP contribution >= 0.6 is 0 Å². The fourth-order valence-corrected chi connectivity index (χ4v) is 5.14. The van der Waals surface area contributed by atoms with E-state index in [0.29, 0.717) is 31.3 Å². The van der Waals surface area contributed by atoms with Crippen LogP contribution in [0.15, 0.2) is 35.3 Å². The lowest BCUT2D eigenvalue weighted by atomic mass is 9.74. The molecule has 1 N–H and O–H groups in total. The van der Waals surface area contributed by atoms with Crippen molar-refractivity contribution in [2.75, 3.05) is 26.9 Å². The summed E-state index contributed by atoms with van der Waals surface area (Å²) in [6, 6.07) is 10.4. The Kier molecular flexibility index (Phi) is 6.68. The number of hydrogen-bond donors (Lipinski definition) is 1. The van der Waals surface area contributed by atoms with E-state index >= 15 is 0 Å². The van der Waals surface area contributed by atoms with Crippen molar-refractivity contribution in [1.29, 1.82) is 0 Å². The van der Waals surface area contributed by atoms with Gasteiger partial charge in [0.25, 0.3) is 0 Å². The van der Waals surface area contributed by atoms with Crippen LogP contribution < -0.4 is 18.9 Å². The smallest absolute Gasteiger partial charge is 0.161 e. The van der Waals surface area contributed by atoms with Crippen molar-refractivity contribution in [2.24, 2.45) is 10.9 Å². The van der Waals surface area contributed by atoms with Gasteiger partial charge in [-0.15, -0.1) is 0 Å². The first-order valence-electron chi connectivity index (χ1n) is 12.6. The minimum Gasteiger partial charge on any atom is -0.493 e. The van der Waals surface area contributed by atoms with Crippen LogP contribution in [0.2, 0.25) is 0 Å². The third-order valence-corrected chi connectivity index (χ3v) is 7.06. The van der Waals surface area contributed by atoms with Crippen LogP contribution in [-0.4, -0.2) is 49.9 Å². The van der Waals surface area contributed by atoms with Gasteiger partial charge in [-0.1, -0.05) is 0 Å². The molecule has 34 heavy (non-hydrogen) atoms. The predicted octanol–water partition coefficient (Wildman–Crippen LogP) is 5.13. The van der Waals surface area contributed by atoms with Gasteiger partial charge in [-0.25, -0.2) is 0 Å². The van der Waals surface area contributed by atoms with Crippen LogP contribution in [0, 0.1) is 5.92 Å². The average molecular weight is 466 g/mol. The minimum atomic E-state index is -0.295. The standard InChI is InChI=1S/C28H35NO5/c1-4-32-24-11-8-18(12-26(24)34-16-17-6-7-17)28-22-15-25(31-3)27(33-5-2)14-20(22)21-13-19(30)9-10-23(21)29-28/h8,11-12,14-15,17,19,21,23,30H,4-7,9-10,13,16H2,1-3H3. The van der Waals surface area contributed by atoms with Crippen LogP contribution in [-0.2, 0) is 0 Å². The molecular weight excluding hydrogens is 430 g/mol. The van der Waals surface area contributed by atoms with E-state index in [2.05, 4.69) is 18.2 Å². The second kappa shape index (κ2) is 9.87. The summed E-state index contributed by atoms with van der Waals surface area (Å²) >= 11 is 0. The van der Waals surface area contributed by atoms with E-state index < -0.39 is 0 Å². The van der Waals surface area contributed by atoms with E-state index in [1.54, 1.807) is 7.11 Å². The number of fused-ring (bicyclic) bond motifs is 3. The molecule has 3 unspecified atom stereocenters. The molecule has 6 heteroatoms. The van der Waals surface area contributed by atoms with Crippen LogP contribution in [0.4, 0.5) is 0 Å². The number of aliphatic hydroxyl groups excluding tert-OH is 1. The van der Waals surface area contributed by atoms with Crippen molar-refractivity contribution in [3.05, 3.63) is 47.0 Å². The molecule has 0 radical (unpaired) electrons. The molecule has 1 heterocycles. The topological polar surface area (TPSA) is 69.5 Å². The first kappa shape index (κ1) is 23.0. The number of aliphatic hydroxyl groups is 1. The summed E-state index contributed by atoms with van der Waals surface area (Å²) in [6.45, 7) is 5.84. The maximum atomic E-state index is 10.4. The quantitative estimate of drug-likeness (QED) is 0.556. The number of rotatable bonds is 9. The highest BCUT2D eigenvalue weighted by atomic mass is 16.5. The molecule has 2 aromatic carbocycles. The molecule has 2 saturated carbocycles. The number of methoxy groups -OCH3 is 1. The molecule has 0 spiro atoms. The summed E-state index contributed by atoms with van der Waals surface area (Å²) < 4.78 is 23.6. The zero-order chi connectivity index (χ0) is 23.7. The Morgan fingerprint density at radius 1 is 0.882 bits per heavy atom. The van der Waals surface area contributed by atoms with Crippen molar-refractivity contribution >= 4 is 5.71 Å². The first-order chi connectivity index (χ1) is 16.6. The second-order valence-electron chi connectivity index (χ2n) is 9.49. The maximum Gasteiger partial charge on any atom is 0.161 e. The minimum absolute atomic E-state index is 0.135. The maximum absolute atomic E-state index is 10.4. The summed E-state index contributed by atoms with van der Waals surface area (Å²) in [6.07, 6.45) is 4.54. The van der Waals surface area contributed by atoms with Gasteiger partial charge in [-0.2, -0.15) is 0 Å². The molecule has 0 amide bonds. The second-order valence-corrected chi connectivity index (χ2v) is 9.49. The fraction of sp³-hybridized carbons (Fsp3) is 0.536. The number of benzene rings is 2. The molecular formula is C28H35NO5. The van der Waals surface area contributed by atoms with Crippen LogP contribution in [0.5, 0.6) is 23.0 Å². The van der Waals surface area contributed by atoms with Crippen molar-refractivity contribution in [3.8, 4) is 23.0 Å². The molecule has 0 saturated heterocycles. The molecule has 5 rings (SSSR count). The Bertz CT molecular complexity index is 1060. The lowest BCUT2D eigenvalue weighted by Gasteiger charge is -2.37. The zero-order valence-corrected chi connectivity index (χ0v) is 20.4. The van der Waals surface area contributed by atoms with Gasteiger partial charge in [0.05, 0.1) is 44.8 Å². The van der Waals surface area contributed by atoms with E-state index in [4.69, 9.17) is 23.9 Å². The van der Waals surface area contributed by atoms with Gasteiger partial charge < -0.3 is 24.1 Å². The molecule has 182 valence electrons. The molecule has 2 fully saturated rings. The Labute approximate surface area is 201 Å². The van der Waals surface area contributed by atoms with Crippen molar-refractivity contribution in [2.45, 2.75) is 64.0 Å². The Morgan fingerprint density at radius 3 is 2.38 bits per heavy atom. The van der Waals surface area contributed by atoms with E-state index in [1.165, 1.54) is 18.4 Å². The van der Waals surface area contributed by atoms with Gasteiger partial charge >= 0.3 is 0 Å². The highest BCUT2D eigenvalue weighted by molar-refractivity contribution is 6.15. The largest absolute Gasteiger partial charge is 0.493 e. The molecule has 6 nitrogen and oxygen atoms in total. The third kappa shape index (κ3) is 4.61. The van der Waals surface area contributed by atoms with Crippen molar-refractivity contribution in [3.63, 3.8) is 0 Å². The Morgan fingerprint density at radius 2 is 1.65 bits per heavy atom. The van der Waals surface area contributed by atoms with Crippen molar-refractivity contribution < 1.29 is 24.1 Å². The normalized spacial score (nSPS) is 23.4. The van der Waals surface area contributed by atoms with E-state index in [1.807, 2.05) is 26.0 Å². The summed E-state index contributed by atoms with van der Waals surface area (Å²) in [5.41, 5.74) is 4.15. The van der Waals surface area contributed by atoms with Crippen LogP contribution in [0.3, 0.4) is 0 Å². The summed E-state index contributed by atoms with van der Waals surface area (Å²) in [5, 5.41) is 10.4. The molecule has 0 aromatic heterocycles. The SMILES string of the molecule is CCOc1cc2c(cc1OC)C(c1ccc(OCC)c(OCC3CC3)c1)=NC1CCC(O)CC21. The monoisotopic (exact) mass is 465 g/mol. The van der Waals surface area contributed by atoms with Crippen LogP contribution in [0.1, 0.15) is 68.6 Å². The average Bonchev–Trinajstić information content (AvgIpc) is 3.68. The van der Waals surface area contributed by atoms with Gasteiger partial charge in [0.1, 0.15) is 0 Å². The van der Waals surface area contributed by atoms with Crippen LogP contribution in [0.25, 0.3) is 0 Å². The van der Waals surface area contributed by atoms with E-state index in [9.17, 15) is 5.11 Å². The number of hydrogen-bond acceptors (Lipinski definition) is 6. The number of nitrogens with zero attached hydrogens (tertiary/aromatic N) is 1. The highest BCUT2D eigenvalue weighted by Gasteiger charge is 2.37. The number of ether oxygens (including phenoxy) is 4. The lowest BCUT2D eigenvalue weighted by Crippen LogP contribution is -2.34. The van der Waals surface area contributed by atoms with Gasteiger partial charge in [-0.05, 0) is 87.8 Å². The number of aliphatic imine (C=N–C) groups is 1. The highest BCUT2D eigenvalue weighted by Crippen LogP contribution is 2.45. The molecule has 2 aromatic rings.